The van der Waals surface area contributed by atoms with Crippen molar-refractivity contribution in [3.05, 3.63) is 48.2 Å². The normalized spacial score (nSPS) is 25.6. The van der Waals surface area contributed by atoms with E-state index in [2.05, 4.69) is 29.0 Å². The summed E-state index contributed by atoms with van der Waals surface area (Å²) in [5.41, 5.74) is 3.10. The molecule has 2 N–H and O–H groups in total. The molecule has 0 saturated carbocycles. The third-order valence-electron chi connectivity index (χ3n) is 6.64. The van der Waals surface area contributed by atoms with Gasteiger partial charge in [0.2, 0.25) is 0 Å². The van der Waals surface area contributed by atoms with Crippen LogP contribution in [0.4, 0.5) is 16.3 Å². The summed E-state index contributed by atoms with van der Waals surface area (Å²) in [6, 6.07) is 7.40. The third-order valence-corrected chi connectivity index (χ3v) is 6.64. The topological polar surface area (TPSA) is 88.6 Å². The Morgan fingerprint density at radius 3 is 2.64 bits per heavy atom. The fourth-order valence-corrected chi connectivity index (χ4v) is 4.99. The first-order chi connectivity index (χ1) is 16.0. The number of carbonyl (C=O) groups excluding carboxylic acids is 1. The highest BCUT2D eigenvalue weighted by atomic mass is 16.5. The first kappa shape index (κ1) is 21.9. The van der Waals surface area contributed by atoms with E-state index in [0.29, 0.717) is 25.4 Å². The molecule has 2 amide bonds. The minimum atomic E-state index is -0.519. The second kappa shape index (κ2) is 8.76. The van der Waals surface area contributed by atoms with E-state index in [9.17, 15) is 4.79 Å². The number of anilines is 2. The van der Waals surface area contributed by atoms with E-state index in [1.165, 1.54) is 0 Å². The molecule has 3 atom stereocenters. The van der Waals surface area contributed by atoms with Gasteiger partial charge in [-0.15, -0.1) is 6.58 Å². The molecule has 3 unspecified atom stereocenters. The van der Waals surface area contributed by atoms with Crippen LogP contribution in [0.1, 0.15) is 44.4 Å². The fraction of sp³-hybridized carbons (Fsp3) is 0.480. The number of morpholine rings is 1. The number of benzene rings is 1. The minimum Gasteiger partial charge on any atom is -0.371 e. The van der Waals surface area contributed by atoms with Gasteiger partial charge < -0.3 is 25.0 Å². The lowest BCUT2D eigenvalue weighted by atomic mass is 9.96. The molecule has 2 saturated heterocycles. The van der Waals surface area contributed by atoms with Gasteiger partial charge in [0.15, 0.2) is 5.82 Å². The van der Waals surface area contributed by atoms with Crippen LogP contribution in [-0.4, -0.2) is 47.8 Å². The third kappa shape index (κ3) is 4.20. The highest BCUT2D eigenvalue weighted by molar-refractivity contribution is 5.89. The zero-order chi connectivity index (χ0) is 23.0. The van der Waals surface area contributed by atoms with Gasteiger partial charge in [-0.1, -0.05) is 6.08 Å². The lowest BCUT2D eigenvalue weighted by Gasteiger charge is -2.34. The number of fused-ring (bicyclic) bond motifs is 3. The number of nitrogens with one attached hydrogen (secondary N) is 2. The molecule has 2 fully saturated rings. The quantitative estimate of drug-likeness (QED) is 0.649. The molecule has 3 aliphatic rings. The van der Waals surface area contributed by atoms with Crippen molar-refractivity contribution in [1.29, 1.82) is 0 Å². The van der Waals surface area contributed by atoms with Crippen molar-refractivity contribution >= 4 is 17.5 Å². The summed E-state index contributed by atoms with van der Waals surface area (Å²) in [6.45, 7) is 10.6. The lowest BCUT2D eigenvalue weighted by molar-refractivity contribution is -0.0229. The maximum Gasteiger partial charge on any atom is 0.319 e. The summed E-state index contributed by atoms with van der Waals surface area (Å²) < 4.78 is 12.3. The molecule has 8 heteroatoms. The maximum absolute atomic E-state index is 11.8. The van der Waals surface area contributed by atoms with E-state index in [0.717, 1.165) is 54.3 Å². The number of rotatable bonds is 6. The average molecular weight is 450 g/mol. The molecule has 33 heavy (non-hydrogen) atoms. The van der Waals surface area contributed by atoms with Crippen molar-refractivity contribution in [1.82, 2.24) is 15.3 Å². The van der Waals surface area contributed by atoms with E-state index >= 15 is 0 Å². The van der Waals surface area contributed by atoms with Gasteiger partial charge in [0.25, 0.3) is 0 Å². The predicted octanol–water partition coefficient (Wildman–Crippen LogP) is 3.97. The molecule has 3 aliphatic heterocycles. The number of ether oxygens (including phenoxy) is 2. The van der Waals surface area contributed by atoms with Crippen molar-refractivity contribution in [3.8, 4) is 11.4 Å². The van der Waals surface area contributed by atoms with Gasteiger partial charge in [-0.2, -0.15) is 0 Å². The Hall–Kier alpha value is -2.97. The summed E-state index contributed by atoms with van der Waals surface area (Å²) in [6.07, 6.45) is 5.30. The van der Waals surface area contributed by atoms with Crippen LogP contribution in [0, 0.1) is 0 Å². The van der Waals surface area contributed by atoms with Crippen LogP contribution in [0.2, 0.25) is 0 Å². The summed E-state index contributed by atoms with van der Waals surface area (Å²) in [7, 11) is 0. The van der Waals surface area contributed by atoms with Gasteiger partial charge >= 0.3 is 6.03 Å². The number of carbonyl (C=O) groups is 1. The van der Waals surface area contributed by atoms with Crippen LogP contribution >= 0.6 is 0 Å². The predicted molar refractivity (Wildman–Crippen MR) is 127 cm³/mol. The Kier molecular flexibility index (Phi) is 5.80. The molecule has 174 valence electrons. The van der Waals surface area contributed by atoms with Crippen LogP contribution in [0.3, 0.4) is 0 Å². The van der Waals surface area contributed by atoms with Crippen LogP contribution in [0.15, 0.2) is 36.9 Å². The number of nitrogens with zero attached hydrogens (tertiary/aromatic N) is 3. The Bertz CT molecular complexity index is 1040. The second-order valence-corrected chi connectivity index (χ2v) is 9.13. The average Bonchev–Trinajstić information content (AvgIpc) is 3.32. The number of aromatic nitrogens is 2. The largest absolute Gasteiger partial charge is 0.371 e. The van der Waals surface area contributed by atoms with E-state index in [-0.39, 0.29) is 18.2 Å². The second-order valence-electron chi connectivity index (χ2n) is 9.13. The molecule has 0 radical (unpaired) electrons. The van der Waals surface area contributed by atoms with Gasteiger partial charge in [-0.3, -0.25) is 0 Å². The zero-order valence-corrected chi connectivity index (χ0v) is 19.3. The molecule has 8 nitrogen and oxygen atoms in total. The fourth-order valence-electron chi connectivity index (χ4n) is 4.99. The molecule has 1 aromatic carbocycles. The highest BCUT2D eigenvalue weighted by Gasteiger charge is 2.42. The monoisotopic (exact) mass is 449 g/mol. The molecule has 2 bridgehead atoms. The van der Waals surface area contributed by atoms with Crippen molar-refractivity contribution < 1.29 is 14.3 Å². The maximum atomic E-state index is 11.8. The zero-order valence-electron chi connectivity index (χ0n) is 19.3. The Morgan fingerprint density at radius 2 is 1.97 bits per heavy atom. The Balaban J connectivity index is 1.51. The molecular formula is C25H31N5O3. The summed E-state index contributed by atoms with van der Waals surface area (Å²) in [4.78, 5) is 24.2. The molecule has 0 spiro atoms. The molecule has 1 aromatic heterocycles. The molecular weight excluding hydrogens is 418 g/mol. The summed E-state index contributed by atoms with van der Waals surface area (Å²) in [5, 5.41) is 5.56. The minimum absolute atomic E-state index is 0.222. The Morgan fingerprint density at radius 1 is 1.24 bits per heavy atom. The van der Waals surface area contributed by atoms with Crippen LogP contribution in [0.5, 0.6) is 0 Å². The summed E-state index contributed by atoms with van der Waals surface area (Å²) in [5.74, 6) is 1.61. The van der Waals surface area contributed by atoms with Gasteiger partial charge in [-0.05, 0) is 57.4 Å². The van der Waals surface area contributed by atoms with Crippen LogP contribution in [0.25, 0.3) is 11.4 Å². The number of hydrogen-bond donors (Lipinski definition) is 2. The van der Waals surface area contributed by atoms with Crippen molar-refractivity contribution in [2.45, 2.75) is 57.5 Å². The van der Waals surface area contributed by atoms with Crippen molar-refractivity contribution in [2.75, 3.05) is 29.9 Å². The molecule has 0 aliphatic carbocycles. The van der Waals surface area contributed by atoms with E-state index in [1.807, 2.05) is 37.3 Å². The van der Waals surface area contributed by atoms with E-state index in [4.69, 9.17) is 19.4 Å². The molecule has 4 heterocycles. The SMILES string of the molecule is C=CCC1(C)OCc2c(N3CC4CCC(C3)O4)nc(-c3ccc(NC(=O)NCC)cc3)nc21. The van der Waals surface area contributed by atoms with Gasteiger partial charge in [0, 0.05) is 36.4 Å². The van der Waals surface area contributed by atoms with Crippen LogP contribution in [-0.2, 0) is 21.7 Å². The van der Waals surface area contributed by atoms with Gasteiger partial charge in [-0.25, -0.2) is 14.8 Å². The van der Waals surface area contributed by atoms with E-state index < -0.39 is 5.60 Å². The Labute approximate surface area is 194 Å². The lowest BCUT2D eigenvalue weighted by Crippen LogP contribution is -2.43. The number of amides is 2. The van der Waals surface area contributed by atoms with Crippen molar-refractivity contribution in [2.24, 2.45) is 0 Å². The van der Waals surface area contributed by atoms with E-state index in [1.54, 1.807) is 0 Å². The number of hydrogen-bond acceptors (Lipinski definition) is 6. The van der Waals surface area contributed by atoms with Crippen LogP contribution < -0.4 is 15.5 Å². The molecule has 5 rings (SSSR count). The number of urea groups is 1. The standard InChI is InChI=1S/C25H31N5O3/c1-4-12-25(3)21-20(15-32-25)23(30-13-18-10-11-19(14-30)33-18)29-22(28-21)16-6-8-17(9-7-16)27-24(31)26-5-2/h4,6-9,18-19H,1,5,10-15H2,2-3H3,(H2,26,27,31). The highest BCUT2D eigenvalue weighted by Crippen LogP contribution is 2.43. The molecule has 2 aromatic rings. The first-order valence-electron chi connectivity index (χ1n) is 11.7. The van der Waals surface area contributed by atoms with Crippen molar-refractivity contribution in [3.63, 3.8) is 0 Å². The smallest absolute Gasteiger partial charge is 0.319 e. The first-order valence-corrected chi connectivity index (χ1v) is 11.7. The summed E-state index contributed by atoms with van der Waals surface area (Å²) >= 11 is 0. The van der Waals surface area contributed by atoms with Gasteiger partial charge in [0.05, 0.1) is 24.5 Å². The van der Waals surface area contributed by atoms with Gasteiger partial charge in [0.1, 0.15) is 11.4 Å².